The SMILES string of the molecule is COc1ccc(-c2nn(C)c3sc(C(=O)N4CCCCC4)cc23)cc1OC. The number of aryl methyl sites for hydroxylation is 1. The Balaban J connectivity index is 1.74. The molecule has 1 saturated heterocycles. The third-order valence-corrected chi connectivity index (χ3v) is 6.21. The van der Waals surface area contributed by atoms with Crippen molar-refractivity contribution in [2.75, 3.05) is 27.3 Å². The van der Waals surface area contributed by atoms with Crippen LogP contribution < -0.4 is 9.47 Å². The molecule has 0 saturated carbocycles. The van der Waals surface area contributed by atoms with E-state index < -0.39 is 0 Å². The molecule has 0 atom stereocenters. The topological polar surface area (TPSA) is 56.6 Å². The van der Waals surface area contributed by atoms with Crippen molar-refractivity contribution >= 4 is 27.5 Å². The fourth-order valence-corrected chi connectivity index (χ4v) is 4.64. The minimum atomic E-state index is 0.133. The fraction of sp³-hybridized carbons (Fsp3) is 0.400. The average molecular weight is 385 g/mol. The number of ether oxygens (including phenoxy) is 2. The molecule has 1 aromatic carbocycles. The Morgan fingerprint density at radius 2 is 1.81 bits per heavy atom. The number of carbonyl (C=O) groups is 1. The molecule has 7 heteroatoms. The molecule has 0 aliphatic carbocycles. The number of piperidine rings is 1. The van der Waals surface area contributed by atoms with Crippen LogP contribution in [-0.4, -0.2) is 47.9 Å². The summed E-state index contributed by atoms with van der Waals surface area (Å²) in [4.78, 5) is 16.6. The van der Waals surface area contributed by atoms with Crippen molar-refractivity contribution in [3.05, 3.63) is 29.1 Å². The van der Waals surface area contributed by atoms with E-state index in [1.165, 1.54) is 17.8 Å². The number of carbonyl (C=O) groups excluding carboxylic acids is 1. The van der Waals surface area contributed by atoms with Crippen LogP contribution in [0.1, 0.15) is 28.9 Å². The number of nitrogens with zero attached hydrogens (tertiary/aromatic N) is 3. The summed E-state index contributed by atoms with van der Waals surface area (Å²) in [5.74, 6) is 1.47. The molecular formula is C20H23N3O3S. The number of likely N-dealkylation sites (tertiary alicyclic amines) is 1. The Hall–Kier alpha value is -2.54. The highest BCUT2D eigenvalue weighted by molar-refractivity contribution is 7.20. The molecule has 4 rings (SSSR count). The molecule has 0 unspecified atom stereocenters. The summed E-state index contributed by atoms with van der Waals surface area (Å²) in [6.45, 7) is 1.71. The minimum Gasteiger partial charge on any atom is -0.493 e. The normalized spacial score (nSPS) is 14.6. The zero-order chi connectivity index (χ0) is 19.0. The number of aromatic nitrogens is 2. The van der Waals surface area contributed by atoms with Crippen molar-refractivity contribution in [2.24, 2.45) is 7.05 Å². The Labute approximate surface area is 162 Å². The molecule has 1 amide bonds. The monoisotopic (exact) mass is 385 g/mol. The zero-order valence-electron chi connectivity index (χ0n) is 15.8. The van der Waals surface area contributed by atoms with Crippen molar-refractivity contribution in [1.29, 1.82) is 0 Å². The zero-order valence-corrected chi connectivity index (χ0v) is 16.6. The van der Waals surface area contributed by atoms with Crippen LogP contribution in [0.2, 0.25) is 0 Å². The maximum absolute atomic E-state index is 12.9. The first kappa shape index (κ1) is 17.9. The van der Waals surface area contributed by atoms with Crippen LogP contribution in [0.5, 0.6) is 11.5 Å². The summed E-state index contributed by atoms with van der Waals surface area (Å²) >= 11 is 1.51. The van der Waals surface area contributed by atoms with E-state index in [0.717, 1.165) is 52.3 Å². The van der Waals surface area contributed by atoms with Crippen molar-refractivity contribution in [3.63, 3.8) is 0 Å². The quantitative estimate of drug-likeness (QED) is 0.682. The number of hydrogen-bond acceptors (Lipinski definition) is 5. The molecule has 1 aliphatic heterocycles. The third kappa shape index (κ3) is 3.16. The lowest BCUT2D eigenvalue weighted by atomic mass is 10.1. The standard InChI is InChI=1S/C20H23N3O3S/c1-22-20-14(12-17(27-20)19(24)23-9-5-4-6-10-23)18(21-22)13-7-8-15(25-2)16(11-13)26-3/h7-8,11-12H,4-6,9-10H2,1-3H3. The van der Waals surface area contributed by atoms with Gasteiger partial charge in [-0.1, -0.05) is 0 Å². The molecule has 3 aromatic rings. The van der Waals surface area contributed by atoms with E-state index >= 15 is 0 Å². The summed E-state index contributed by atoms with van der Waals surface area (Å²) < 4.78 is 12.6. The minimum absolute atomic E-state index is 0.133. The van der Waals surface area contributed by atoms with Gasteiger partial charge < -0.3 is 14.4 Å². The molecule has 27 heavy (non-hydrogen) atoms. The molecule has 3 heterocycles. The lowest BCUT2D eigenvalue weighted by Crippen LogP contribution is -2.35. The van der Waals surface area contributed by atoms with Crippen LogP contribution in [0.25, 0.3) is 21.5 Å². The van der Waals surface area contributed by atoms with Gasteiger partial charge in [-0.05, 0) is 43.5 Å². The number of hydrogen-bond donors (Lipinski definition) is 0. The van der Waals surface area contributed by atoms with Crippen molar-refractivity contribution in [1.82, 2.24) is 14.7 Å². The summed E-state index contributed by atoms with van der Waals surface area (Å²) in [6, 6.07) is 7.74. The number of amides is 1. The smallest absolute Gasteiger partial charge is 0.264 e. The van der Waals surface area contributed by atoms with Gasteiger partial charge in [0.2, 0.25) is 0 Å². The summed E-state index contributed by atoms with van der Waals surface area (Å²) in [5.41, 5.74) is 1.79. The highest BCUT2D eigenvalue weighted by Gasteiger charge is 2.23. The van der Waals surface area contributed by atoms with Gasteiger partial charge in [0.25, 0.3) is 5.91 Å². The largest absolute Gasteiger partial charge is 0.493 e. The predicted molar refractivity (Wildman–Crippen MR) is 107 cm³/mol. The maximum Gasteiger partial charge on any atom is 0.264 e. The van der Waals surface area contributed by atoms with Crippen molar-refractivity contribution in [2.45, 2.75) is 19.3 Å². The average Bonchev–Trinajstić information content (AvgIpc) is 3.28. The molecule has 1 aliphatic rings. The third-order valence-electron chi connectivity index (χ3n) is 5.02. The van der Waals surface area contributed by atoms with E-state index in [0.29, 0.717) is 11.5 Å². The van der Waals surface area contributed by atoms with Gasteiger partial charge in [-0.3, -0.25) is 9.48 Å². The first-order valence-electron chi connectivity index (χ1n) is 9.10. The summed E-state index contributed by atoms with van der Waals surface area (Å²) in [6.07, 6.45) is 3.40. The molecule has 0 spiro atoms. The van der Waals surface area contributed by atoms with Crippen LogP contribution in [0.15, 0.2) is 24.3 Å². The predicted octanol–water partition coefficient (Wildman–Crippen LogP) is 3.95. The maximum atomic E-state index is 12.9. The molecule has 0 radical (unpaired) electrons. The second-order valence-corrected chi connectivity index (χ2v) is 7.75. The van der Waals surface area contributed by atoms with E-state index in [1.807, 2.05) is 40.9 Å². The number of benzene rings is 1. The summed E-state index contributed by atoms with van der Waals surface area (Å²) in [7, 11) is 5.15. The van der Waals surface area contributed by atoms with E-state index in [-0.39, 0.29) is 5.91 Å². The van der Waals surface area contributed by atoms with Crippen LogP contribution in [0.3, 0.4) is 0 Å². The number of fused-ring (bicyclic) bond motifs is 1. The first-order chi connectivity index (χ1) is 13.1. The second kappa shape index (κ2) is 7.23. The first-order valence-corrected chi connectivity index (χ1v) is 9.92. The Kier molecular flexibility index (Phi) is 4.78. The molecular weight excluding hydrogens is 362 g/mol. The Morgan fingerprint density at radius 1 is 1.07 bits per heavy atom. The molecule has 6 nitrogen and oxygen atoms in total. The molecule has 0 bridgehead atoms. The number of thiophene rings is 1. The van der Waals surface area contributed by atoms with Gasteiger partial charge in [-0.2, -0.15) is 5.10 Å². The Morgan fingerprint density at radius 3 is 2.52 bits per heavy atom. The highest BCUT2D eigenvalue weighted by Crippen LogP contribution is 2.37. The fourth-order valence-electron chi connectivity index (χ4n) is 3.60. The lowest BCUT2D eigenvalue weighted by Gasteiger charge is -2.26. The number of rotatable bonds is 4. The van der Waals surface area contributed by atoms with Crippen molar-refractivity contribution in [3.8, 4) is 22.8 Å². The summed E-state index contributed by atoms with van der Waals surface area (Å²) in [5, 5.41) is 5.67. The Bertz CT molecular complexity index is 986. The van der Waals surface area contributed by atoms with Crippen LogP contribution in [-0.2, 0) is 7.05 Å². The van der Waals surface area contributed by atoms with Gasteiger partial charge in [0, 0.05) is 31.1 Å². The molecule has 0 N–H and O–H groups in total. The van der Waals surface area contributed by atoms with Gasteiger partial charge in [0.05, 0.1) is 19.1 Å². The van der Waals surface area contributed by atoms with Gasteiger partial charge >= 0.3 is 0 Å². The van der Waals surface area contributed by atoms with Crippen LogP contribution in [0.4, 0.5) is 0 Å². The van der Waals surface area contributed by atoms with E-state index in [9.17, 15) is 4.79 Å². The van der Waals surface area contributed by atoms with E-state index in [4.69, 9.17) is 9.47 Å². The van der Waals surface area contributed by atoms with Gasteiger partial charge in [0.15, 0.2) is 11.5 Å². The molecule has 1 fully saturated rings. The van der Waals surface area contributed by atoms with E-state index in [2.05, 4.69) is 5.10 Å². The molecule has 2 aromatic heterocycles. The number of methoxy groups -OCH3 is 2. The van der Waals surface area contributed by atoms with Gasteiger partial charge in [0.1, 0.15) is 10.5 Å². The van der Waals surface area contributed by atoms with Gasteiger partial charge in [-0.15, -0.1) is 11.3 Å². The lowest BCUT2D eigenvalue weighted by molar-refractivity contribution is 0.0729. The highest BCUT2D eigenvalue weighted by atomic mass is 32.1. The van der Waals surface area contributed by atoms with Gasteiger partial charge in [-0.25, -0.2) is 0 Å². The van der Waals surface area contributed by atoms with Crippen LogP contribution >= 0.6 is 11.3 Å². The van der Waals surface area contributed by atoms with Crippen LogP contribution in [0, 0.1) is 0 Å². The second-order valence-electron chi connectivity index (χ2n) is 6.72. The van der Waals surface area contributed by atoms with Crippen molar-refractivity contribution < 1.29 is 14.3 Å². The molecule has 142 valence electrons. The van der Waals surface area contributed by atoms with E-state index in [1.54, 1.807) is 14.2 Å².